The van der Waals surface area contributed by atoms with Crippen LogP contribution in [0.5, 0.6) is 0 Å². The summed E-state index contributed by atoms with van der Waals surface area (Å²) < 4.78 is 0. The lowest BCUT2D eigenvalue weighted by Crippen LogP contribution is -2.35. The van der Waals surface area contributed by atoms with Gasteiger partial charge in [-0.05, 0) is 49.4 Å². The molecule has 0 aliphatic heterocycles. The molecule has 0 spiro atoms. The maximum Gasteiger partial charge on any atom is 0.230 e. The van der Waals surface area contributed by atoms with Crippen molar-refractivity contribution in [1.82, 2.24) is 0 Å². The van der Waals surface area contributed by atoms with Gasteiger partial charge in [-0.3, -0.25) is 4.79 Å². The normalized spacial score (nSPS) is 16.9. The van der Waals surface area contributed by atoms with Gasteiger partial charge < -0.3 is 11.1 Å². The Hall–Kier alpha value is -1.42. The number of carbonyl (C=O) groups is 1. The van der Waals surface area contributed by atoms with E-state index in [2.05, 4.69) is 19.2 Å². The predicted octanol–water partition coefficient (Wildman–Crippen LogP) is 3.87. The van der Waals surface area contributed by atoms with E-state index in [4.69, 9.17) is 18.0 Å². The van der Waals surface area contributed by atoms with Crippen LogP contribution in [-0.2, 0) is 4.79 Å². The summed E-state index contributed by atoms with van der Waals surface area (Å²) in [6, 6.07) is 7.43. The van der Waals surface area contributed by atoms with Crippen LogP contribution in [-0.4, -0.2) is 10.9 Å². The molecular weight excluding hydrogens is 280 g/mol. The maximum absolute atomic E-state index is 12.7. The van der Waals surface area contributed by atoms with Gasteiger partial charge in [-0.25, -0.2) is 0 Å². The SMILES string of the molecule is CC(C)CC1(C(=O)Nc2ccc(C(N)=S)cc2)CCCC1. The molecule has 3 N–H and O–H groups in total. The van der Waals surface area contributed by atoms with Crippen molar-refractivity contribution in [3.05, 3.63) is 29.8 Å². The number of anilines is 1. The number of hydrogen-bond acceptors (Lipinski definition) is 2. The van der Waals surface area contributed by atoms with E-state index in [-0.39, 0.29) is 11.3 Å². The van der Waals surface area contributed by atoms with Gasteiger partial charge in [0.15, 0.2) is 0 Å². The first kappa shape index (κ1) is 16.0. The minimum absolute atomic E-state index is 0.164. The van der Waals surface area contributed by atoms with Gasteiger partial charge in [-0.1, -0.05) is 38.9 Å². The van der Waals surface area contributed by atoms with Gasteiger partial charge in [0.1, 0.15) is 4.99 Å². The molecule has 114 valence electrons. The summed E-state index contributed by atoms with van der Waals surface area (Å²) in [5, 5.41) is 3.07. The molecule has 3 nitrogen and oxygen atoms in total. The first-order valence-electron chi connectivity index (χ1n) is 7.64. The largest absolute Gasteiger partial charge is 0.389 e. The van der Waals surface area contributed by atoms with Crippen LogP contribution in [0.4, 0.5) is 5.69 Å². The zero-order chi connectivity index (χ0) is 15.5. The molecule has 0 aromatic heterocycles. The molecule has 1 saturated carbocycles. The molecule has 1 amide bonds. The van der Waals surface area contributed by atoms with Gasteiger partial charge in [-0.15, -0.1) is 0 Å². The maximum atomic E-state index is 12.7. The number of rotatable bonds is 5. The molecule has 21 heavy (non-hydrogen) atoms. The first-order chi connectivity index (χ1) is 9.93. The molecular formula is C17H24N2OS. The minimum atomic E-state index is -0.185. The van der Waals surface area contributed by atoms with Gasteiger partial charge >= 0.3 is 0 Å². The molecule has 1 aliphatic rings. The van der Waals surface area contributed by atoms with Gasteiger partial charge in [0.2, 0.25) is 5.91 Å². The molecule has 0 bridgehead atoms. The third kappa shape index (κ3) is 3.82. The second kappa shape index (κ2) is 6.56. The van der Waals surface area contributed by atoms with Crippen LogP contribution >= 0.6 is 12.2 Å². The molecule has 0 radical (unpaired) electrons. The highest BCUT2D eigenvalue weighted by Gasteiger charge is 2.41. The van der Waals surface area contributed by atoms with Crippen LogP contribution in [0.15, 0.2) is 24.3 Å². The fourth-order valence-corrected chi connectivity index (χ4v) is 3.47. The fraction of sp³-hybridized carbons (Fsp3) is 0.529. The number of amides is 1. The molecule has 0 saturated heterocycles. The zero-order valence-corrected chi connectivity index (χ0v) is 13.6. The lowest BCUT2D eigenvalue weighted by molar-refractivity contribution is -0.126. The molecule has 1 aromatic carbocycles. The molecule has 1 fully saturated rings. The number of nitrogens with one attached hydrogen (secondary N) is 1. The Morgan fingerprint density at radius 3 is 2.33 bits per heavy atom. The van der Waals surface area contributed by atoms with Gasteiger partial charge in [0.05, 0.1) is 0 Å². The van der Waals surface area contributed by atoms with Crippen molar-refractivity contribution in [2.45, 2.75) is 46.0 Å². The van der Waals surface area contributed by atoms with Crippen molar-refractivity contribution in [3.63, 3.8) is 0 Å². The summed E-state index contributed by atoms with van der Waals surface area (Å²) in [7, 11) is 0. The van der Waals surface area contributed by atoms with Crippen molar-refractivity contribution in [1.29, 1.82) is 0 Å². The number of carbonyl (C=O) groups excluding carboxylic acids is 1. The highest BCUT2D eigenvalue weighted by atomic mass is 32.1. The summed E-state index contributed by atoms with van der Waals surface area (Å²) in [6.07, 6.45) is 5.27. The number of benzene rings is 1. The number of nitrogens with two attached hydrogens (primary N) is 1. The summed E-state index contributed by atoms with van der Waals surface area (Å²) >= 11 is 4.94. The molecule has 0 heterocycles. The van der Waals surface area contributed by atoms with Crippen LogP contribution in [0.2, 0.25) is 0 Å². The van der Waals surface area contributed by atoms with Crippen LogP contribution < -0.4 is 11.1 Å². The first-order valence-corrected chi connectivity index (χ1v) is 8.05. The van der Waals surface area contributed by atoms with E-state index < -0.39 is 0 Å². The van der Waals surface area contributed by atoms with Crippen molar-refractivity contribution >= 4 is 28.8 Å². The quantitative estimate of drug-likeness (QED) is 0.812. The van der Waals surface area contributed by atoms with E-state index in [1.54, 1.807) is 0 Å². The second-order valence-corrected chi connectivity index (χ2v) is 6.92. The molecule has 0 unspecified atom stereocenters. The topological polar surface area (TPSA) is 55.1 Å². The monoisotopic (exact) mass is 304 g/mol. The van der Waals surface area contributed by atoms with Gasteiger partial charge in [0, 0.05) is 16.7 Å². The third-order valence-electron chi connectivity index (χ3n) is 4.27. The Morgan fingerprint density at radius 1 is 1.29 bits per heavy atom. The van der Waals surface area contributed by atoms with Gasteiger partial charge in [0.25, 0.3) is 0 Å². The highest BCUT2D eigenvalue weighted by molar-refractivity contribution is 7.80. The van der Waals surface area contributed by atoms with Crippen molar-refractivity contribution < 1.29 is 4.79 Å². The molecule has 0 atom stereocenters. The number of hydrogen-bond donors (Lipinski definition) is 2. The number of thiocarbonyl (C=S) groups is 1. The Morgan fingerprint density at radius 2 is 1.86 bits per heavy atom. The lowest BCUT2D eigenvalue weighted by atomic mass is 9.77. The van der Waals surface area contributed by atoms with Gasteiger partial charge in [-0.2, -0.15) is 0 Å². The van der Waals surface area contributed by atoms with Crippen molar-refractivity contribution in [3.8, 4) is 0 Å². The summed E-state index contributed by atoms with van der Waals surface area (Å²) in [6.45, 7) is 4.37. The van der Waals surface area contributed by atoms with Crippen LogP contribution in [0.25, 0.3) is 0 Å². The zero-order valence-electron chi connectivity index (χ0n) is 12.8. The lowest BCUT2D eigenvalue weighted by Gasteiger charge is -2.29. The van der Waals surface area contributed by atoms with E-state index in [9.17, 15) is 4.79 Å². The molecule has 2 rings (SSSR count). The Balaban J connectivity index is 2.10. The van der Waals surface area contributed by atoms with E-state index in [0.29, 0.717) is 10.9 Å². The summed E-state index contributed by atoms with van der Waals surface area (Å²) in [5.74, 6) is 0.697. The van der Waals surface area contributed by atoms with Crippen molar-refractivity contribution in [2.24, 2.45) is 17.1 Å². The Kier molecular flexibility index (Phi) is 4.99. The van der Waals surface area contributed by atoms with Crippen molar-refractivity contribution in [2.75, 3.05) is 5.32 Å². The average Bonchev–Trinajstić information content (AvgIpc) is 2.88. The fourth-order valence-electron chi connectivity index (χ4n) is 3.34. The third-order valence-corrected chi connectivity index (χ3v) is 4.50. The second-order valence-electron chi connectivity index (χ2n) is 6.48. The smallest absolute Gasteiger partial charge is 0.230 e. The molecule has 1 aliphatic carbocycles. The van der Waals surface area contributed by atoms with Crippen LogP contribution in [0.1, 0.15) is 51.5 Å². The Labute approximate surface area is 132 Å². The van der Waals surface area contributed by atoms with E-state index in [1.165, 1.54) is 0 Å². The van der Waals surface area contributed by atoms with E-state index in [1.807, 2.05) is 24.3 Å². The summed E-state index contributed by atoms with van der Waals surface area (Å²) in [5.41, 5.74) is 7.04. The van der Waals surface area contributed by atoms with E-state index in [0.717, 1.165) is 43.4 Å². The van der Waals surface area contributed by atoms with Crippen LogP contribution in [0.3, 0.4) is 0 Å². The van der Waals surface area contributed by atoms with E-state index >= 15 is 0 Å². The minimum Gasteiger partial charge on any atom is -0.389 e. The summed E-state index contributed by atoms with van der Waals surface area (Å²) in [4.78, 5) is 13.1. The Bertz CT molecular complexity index is 516. The molecule has 4 heteroatoms. The average molecular weight is 304 g/mol. The predicted molar refractivity (Wildman–Crippen MR) is 91.3 cm³/mol. The highest BCUT2D eigenvalue weighted by Crippen LogP contribution is 2.44. The standard InChI is InChI=1S/C17H24N2OS/c1-12(2)11-17(9-3-4-10-17)16(20)19-14-7-5-13(6-8-14)15(18)21/h5-8,12H,3-4,9-11H2,1-2H3,(H2,18,21)(H,19,20). The molecule has 1 aromatic rings. The van der Waals surface area contributed by atoms with Crippen LogP contribution in [0, 0.1) is 11.3 Å².